The van der Waals surface area contributed by atoms with Crippen LogP contribution in [0.3, 0.4) is 0 Å². The van der Waals surface area contributed by atoms with Crippen LogP contribution in [0.2, 0.25) is 5.02 Å². The van der Waals surface area contributed by atoms with Gasteiger partial charge in [0.15, 0.2) is 5.78 Å². The van der Waals surface area contributed by atoms with Gasteiger partial charge in [0, 0.05) is 6.42 Å². The molecular weight excluding hydrogens is 216 g/mol. The van der Waals surface area contributed by atoms with E-state index in [-0.39, 0.29) is 5.78 Å². The van der Waals surface area contributed by atoms with Gasteiger partial charge in [-0.1, -0.05) is 31.9 Å². The largest absolute Gasteiger partial charge is 0.293 e. The van der Waals surface area contributed by atoms with Gasteiger partial charge in [-0.3, -0.25) is 4.79 Å². The van der Waals surface area contributed by atoms with E-state index in [9.17, 15) is 4.79 Å². The van der Waals surface area contributed by atoms with Crippen LogP contribution in [0.5, 0.6) is 0 Å². The first-order valence-corrected chi connectivity index (χ1v) is 6.08. The Balaban J connectivity index is 2.75. The van der Waals surface area contributed by atoms with Gasteiger partial charge < -0.3 is 0 Å². The molecule has 14 heavy (non-hydrogen) atoms. The van der Waals surface area contributed by atoms with Gasteiger partial charge in [0.2, 0.25) is 0 Å². The van der Waals surface area contributed by atoms with Crippen LogP contribution >= 0.6 is 22.9 Å². The Bertz CT molecular complexity index is 330. The number of Topliss-reactive ketones (excluding diaryl/α,β-unsaturated/α-hetero) is 1. The minimum Gasteiger partial charge on any atom is -0.293 e. The number of thiophene rings is 1. The Morgan fingerprint density at radius 3 is 2.71 bits per heavy atom. The molecule has 3 heteroatoms. The van der Waals surface area contributed by atoms with Crippen LogP contribution in [-0.2, 0) is 0 Å². The summed E-state index contributed by atoms with van der Waals surface area (Å²) in [5.74, 6) is 0.628. The molecule has 0 N–H and O–H groups in total. The van der Waals surface area contributed by atoms with E-state index in [0.717, 1.165) is 16.9 Å². The summed E-state index contributed by atoms with van der Waals surface area (Å²) in [4.78, 5) is 12.5. The van der Waals surface area contributed by atoms with Crippen LogP contribution in [0, 0.1) is 12.8 Å². The fraction of sp³-hybridized carbons (Fsp3) is 0.545. The molecule has 78 valence electrons. The smallest absolute Gasteiger partial charge is 0.174 e. The number of hydrogen-bond donors (Lipinski definition) is 0. The first-order chi connectivity index (χ1) is 6.56. The minimum absolute atomic E-state index is 0.183. The van der Waals surface area contributed by atoms with Crippen LogP contribution in [-0.4, -0.2) is 5.78 Å². The Morgan fingerprint density at radius 1 is 1.64 bits per heavy atom. The van der Waals surface area contributed by atoms with Gasteiger partial charge >= 0.3 is 0 Å². The molecule has 0 bridgehead atoms. The summed E-state index contributed by atoms with van der Waals surface area (Å²) in [6.45, 7) is 6.12. The predicted octanol–water partition coefficient (Wildman–Crippen LogP) is 4.33. The van der Waals surface area contributed by atoms with E-state index >= 15 is 0 Å². The third-order valence-electron chi connectivity index (χ3n) is 2.38. The maximum Gasteiger partial charge on any atom is 0.174 e. The molecule has 0 saturated carbocycles. The SMILES string of the molecule is CCC(C)CC(=O)c1scc(C)c1Cl. The standard InChI is InChI=1S/C11H15ClOS/c1-4-7(2)5-9(13)11-10(12)8(3)6-14-11/h6-7H,4-5H2,1-3H3. The van der Waals surface area contributed by atoms with E-state index < -0.39 is 0 Å². The molecule has 1 aromatic rings. The van der Waals surface area contributed by atoms with Crippen LogP contribution in [0.25, 0.3) is 0 Å². The van der Waals surface area contributed by atoms with Crippen molar-refractivity contribution in [1.82, 2.24) is 0 Å². The highest BCUT2D eigenvalue weighted by Gasteiger charge is 2.16. The van der Waals surface area contributed by atoms with Gasteiger partial charge in [-0.2, -0.15) is 0 Å². The highest BCUT2D eigenvalue weighted by atomic mass is 35.5. The lowest BCUT2D eigenvalue weighted by molar-refractivity contribution is 0.0968. The Morgan fingerprint density at radius 2 is 2.29 bits per heavy atom. The van der Waals surface area contributed by atoms with E-state index in [1.807, 2.05) is 12.3 Å². The molecule has 0 radical (unpaired) electrons. The molecule has 0 amide bonds. The van der Waals surface area contributed by atoms with Gasteiger partial charge in [0.05, 0.1) is 9.90 Å². The van der Waals surface area contributed by atoms with Crippen molar-refractivity contribution in [3.05, 3.63) is 20.8 Å². The molecule has 0 fully saturated rings. The molecule has 1 atom stereocenters. The molecule has 0 aromatic carbocycles. The third kappa shape index (κ3) is 2.58. The topological polar surface area (TPSA) is 17.1 Å². The first-order valence-electron chi connectivity index (χ1n) is 4.83. The predicted molar refractivity (Wildman–Crippen MR) is 62.5 cm³/mol. The third-order valence-corrected chi connectivity index (χ3v) is 4.12. The van der Waals surface area contributed by atoms with Crippen molar-refractivity contribution in [2.45, 2.75) is 33.6 Å². The fourth-order valence-corrected chi connectivity index (χ4v) is 2.42. The zero-order valence-electron chi connectivity index (χ0n) is 8.76. The summed E-state index contributed by atoms with van der Waals surface area (Å²) in [5.41, 5.74) is 1.00. The maximum atomic E-state index is 11.8. The molecule has 0 aliphatic rings. The Hall–Kier alpha value is -0.340. The normalized spacial score (nSPS) is 12.9. The van der Waals surface area contributed by atoms with Crippen molar-refractivity contribution in [2.75, 3.05) is 0 Å². The molecule has 1 nitrogen and oxygen atoms in total. The number of rotatable bonds is 4. The maximum absolute atomic E-state index is 11.8. The van der Waals surface area contributed by atoms with Crippen LogP contribution in [0.15, 0.2) is 5.38 Å². The van der Waals surface area contributed by atoms with Gasteiger partial charge in [-0.15, -0.1) is 11.3 Å². The average Bonchev–Trinajstić information content (AvgIpc) is 2.47. The second-order valence-corrected chi connectivity index (χ2v) is 4.96. The summed E-state index contributed by atoms with van der Waals surface area (Å²) in [6, 6.07) is 0. The number of carbonyl (C=O) groups is 1. The van der Waals surface area contributed by atoms with Crippen molar-refractivity contribution in [3.8, 4) is 0 Å². The minimum atomic E-state index is 0.183. The lowest BCUT2D eigenvalue weighted by Gasteiger charge is -2.05. The molecule has 1 heterocycles. The quantitative estimate of drug-likeness (QED) is 0.704. The van der Waals surface area contributed by atoms with E-state index in [0.29, 0.717) is 17.4 Å². The zero-order valence-corrected chi connectivity index (χ0v) is 10.3. The van der Waals surface area contributed by atoms with Gasteiger partial charge in [-0.05, 0) is 23.8 Å². The van der Waals surface area contributed by atoms with Crippen LogP contribution in [0.4, 0.5) is 0 Å². The zero-order chi connectivity index (χ0) is 10.7. The summed E-state index contributed by atoms with van der Waals surface area (Å²) >= 11 is 7.48. The van der Waals surface area contributed by atoms with E-state index in [2.05, 4.69) is 13.8 Å². The number of hydrogen-bond acceptors (Lipinski definition) is 2. The number of aryl methyl sites for hydroxylation is 1. The number of carbonyl (C=O) groups excluding carboxylic acids is 1. The van der Waals surface area contributed by atoms with Gasteiger partial charge in [0.1, 0.15) is 0 Å². The molecular formula is C11H15ClOS. The Kier molecular flexibility index (Phi) is 4.14. The van der Waals surface area contributed by atoms with Crippen LogP contribution < -0.4 is 0 Å². The van der Waals surface area contributed by atoms with Gasteiger partial charge in [-0.25, -0.2) is 0 Å². The van der Waals surface area contributed by atoms with Crippen LogP contribution in [0.1, 0.15) is 41.9 Å². The molecule has 1 unspecified atom stereocenters. The second-order valence-electron chi connectivity index (χ2n) is 3.70. The average molecular weight is 231 g/mol. The number of halogens is 1. The first kappa shape index (κ1) is 11.7. The van der Waals surface area contributed by atoms with Crippen molar-refractivity contribution < 1.29 is 4.79 Å². The van der Waals surface area contributed by atoms with Crippen molar-refractivity contribution in [2.24, 2.45) is 5.92 Å². The highest BCUT2D eigenvalue weighted by molar-refractivity contribution is 7.13. The second kappa shape index (κ2) is 4.94. The van der Waals surface area contributed by atoms with Gasteiger partial charge in [0.25, 0.3) is 0 Å². The summed E-state index contributed by atoms with van der Waals surface area (Å²) in [5, 5.41) is 2.58. The number of ketones is 1. The lowest BCUT2D eigenvalue weighted by atomic mass is 10.0. The van der Waals surface area contributed by atoms with Crippen molar-refractivity contribution in [1.29, 1.82) is 0 Å². The lowest BCUT2D eigenvalue weighted by Crippen LogP contribution is -2.03. The summed E-state index contributed by atoms with van der Waals surface area (Å²) in [6.07, 6.45) is 1.64. The Labute approximate surface area is 94.1 Å². The van der Waals surface area contributed by atoms with E-state index in [1.165, 1.54) is 11.3 Å². The molecule has 1 aromatic heterocycles. The molecule has 0 saturated heterocycles. The summed E-state index contributed by atoms with van der Waals surface area (Å²) in [7, 11) is 0. The molecule has 0 aliphatic carbocycles. The van der Waals surface area contributed by atoms with Crippen molar-refractivity contribution >= 4 is 28.7 Å². The fourth-order valence-electron chi connectivity index (χ4n) is 1.17. The molecule has 1 rings (SSSR count). The monoisotopic (exact) mass is 230 g/mol. The molecule has 0 spiro atoms. The van der Waals surface area contributed by atoms with E-state index in [1.54, 1.807) is 0 Å². The summed E-state index contributed by atoms with van der Waals surface area (Å²) < 4.78 is 0. The molecule has 0 aliphatic heterocycles. The van der Waals surface area contributed by atoms with Crippen molar-refractivity contribution in [3.63, 3.8) is 0 Å². The van der Waals surface area contributed by atoms with E-state index in [4.69, 9.17) is 11.6 Å². The highest BCUT2D eigenvalue weighted by Crippen LogP contribution is 2.29.